The van der Waals surface area contributed by atoms with Crippen LogP contribution in [-0.2, 0) is 11.2 Å². The second-order valence-electron chi connectivity index (χ2n) is 5.29. The van der Waals surface area contributed by atoms with Gasteiger partial charge in [0.1, 0.15) is 5.75 Å². The van der Waals surface area contributed by atoms with Crippen molar-refractivity contribution >= 4 is 5.91 Å². The number of ether oxygens (including phenoxy) is 1. The minimum atomic E-state index is -0.200. The molecule has 1 amide bonds. The fraction of sp³-hybridized carbons (Fsp3) is 0.500. The molecule has 1 aromatic carbocycles. The Labute approximate surface area is 103 Å². The number of amides is 1. The highest BCUT2D eigenvalue weighted by Gasteiger charge is 2.15. The van der Waals surface area contributed by atoms with Gasteiger partial charge >= 0.3 is 0 Å². The summed E-state index contributed by atoms with van der Waals surface area (Å²) in [4.78, 5) is 11.8. The van der Waals surface area contributed by atoms with Crippen LogP contribution in [0.25, 0.3) is 0 Å². The first-order valence-corrected chi connectivity index (χ1v) is 5.76. The lowest BCUT2D eigenvalue weighted by molar-refractivity contribution is -0.121. The number of carbonyl (C=O) groups is 1. The van der Waals surface area contributed by atoms with Gasteiger partial charge in [-0.25, -0.2) is 0 Å². The van der Waals surface area contributed by atoms with Crippen LogP contribution in [0.5, 0.6) is 5.75 Å². The van der Waals surface area contributed by atoms with Crippen LogP contribution < -0.4 is 10.1 Å². The topological polar surface area (TPSA) is 38.3 Å². The van der Waals surface area contributed by atoms with E-state index in [1.807, 2.05) is 45.9 Å². The lowest BCUT2D eigenvalue weighted by Gasteiger charge is -2.21. The number of benzene rings is 1. The molecule has 94 valence electrons. The molecule has 17 heavy (non-hydrogen) atoms. The first-order valence-electron chi connectivity index (χ1n) is 5.76. The van der Waals surface area contributed by atoms with Crippen molar-refractivity contribution < 1.29 is 9.53 Å². The van der Waals surface area contributed by atoms with E-state index in [1.165, 1.54) is 0 Å². The van der Waals surface area contributed by atoms with Gasteiger partial charge in [0.25, 0.3) is 0 Å². The summed E-state index contributed by atoms with van der Waals surface area (Å²) in [6.45, 7) is 7.92. The van der Waals surface area contributed by atoms with Crippen molar-refractivity contribution in [2.24, 2.45) is 0 Å². The van der Waals surface area contributed by atoms with Crippen LogP contribution >= 0.6 is 0 Å². The monoisotopic (exact) mass is 235 g/mol. The Hall–Kier alpha value is -1.51. The molecule has 0 fully saturated rings. The predicted octanol–water partition coefficient (Wildman–Crippen LogP) is 2.46. The molecule has 0 radical (unpaired) electrons. The Bertz CT molecular complexity index is 405. The molecule has 3 heteroatoms. The average Bonchev–Trinajstić information content (AvgIpc) is 2.14. The van der Waals surface area contributed by atoms with Gasteiger partial charge in [0.05, 0.1) is 13.5 Å². The lowest BCUT2D eigenvalue weighted by Crippen LogP contribution is -2.41. The highest BCUT2D eigenvalue weighted by atomic mass is 16.5. The second kappa shape index (κ2) is 5.21. The number of hydrogen-bond donors (Lipinski definition) is 1. The second-order valence-corrected chi connectivity index (χ2v) is 5.29. The van der Waals surface area contributed by atoms with E-state index >= 15 is 0 Å². The largest absolute Gasteiger partial charge is 0.496 e. The van der Waals surface area contributed by atoms with E-state index in [9.17, 15) is 4.79 Å². The summed E-state index contributed by atoms with van der Waals surface area (Å²) in [5.74, 6) is 0.779. The molecule has 0 saturated carbocycles. The lowest BCUT2D eigenvalue weighted by atomic mass is 10.0. The van der Waals surface area contributed by atoms with E-state index in [1.54, 1.807) is 7.11 Å². The average molecular weight is 235 g/mol. The number of methoxy groups -OCH3 is 1. The zero-order valence-electron chi connectivity index (χ0n) is 11.3. The van der Waals surface area contributed by atoms with Crippen LogP contribution in [-0.4, -0.2) is 18.6 Å². The third-order valence-electron chi connectivity index (χ3n) is 2.30. The molecule has 0 atom stereocenters. The maximum absolute atomic E-state index is 11.8. The summed E-state index contributed by atoms with van der Waals surface area (Å²) < 4.78 is 5.25. The minimum absolute atomic E-state index is 0.0152. The van der Waals surface area contributed by atoms with Crippen molar-refractivity contribution in [3.8, 4) is 5.75 Å². The standard InChI is InChI=1S/C14H21NO2/c1-10-6-7-12(17-5)11(8-10)9-13(16)15-14(2,3)4/h6-8H,9H2,1-5H3,(H,15,16). The zero-order chi connectivity index (χ0) is 13.1. The number of aryl methyl sites for hydroxylation is 1. The molecular formula is C14H21NO2. The van der Waals surface area contributed by atoms with Crippen molar-refractivity contribution in [3.05, 3.63) is 29.3 Å². The van der Waals surface area contributed by atoms with E-state index in [-0.39, 0.29) is 11.4 Å². The van der Waals surface area contributed by atoms with E-state index < -0.39 is 0 Å². The highest BCUT2D eigenvalue weighted by Crippen LogP contribution is 2.20. The van der Waals surface area contributed by atoms with E-state index in [2.05, 4.69) is 5.32 Å². The quantitative estimate of drug-likeness (QED) is 0.874. The molecule has 0 saturated heterocycles. The normalized spacial score (nSPS) is 11.1. The fourth-order valence-electron chi connectivity index (χ4n) is 1.68. The fourth-order valence-corrected chi connectivity index (χ4v) is 1.68. The molecule has 1 aromatic rings. The first-order chi connectivity index (χ1) is 7.81. The van der Waals surface area contributed by atoms with Crippen molar-refractivity contribution in [2.45, 2.75) is 39.7 Å². The minimum Gasteiger partial charge on any atom is -0.496 e. The molecule has 0 bridgehead atoms. The molecule has 0 aliphatic carbocycles. The molecule has 0 aliphatic rings. The molecular weight excluding hydrogens is 214 g/mol. The summed E-state index contributed by atoms with van der Waals surface area (Å²) >= 11 is 0. The third kappa shape index (κ3) is 4.47. The molecule has 0 spiro atoms. The molecule has 1 rings (SSSR count). The van der Waals surface area contributed by atoms with Crippen LogP contribution in [0.4, 0.5) is 0 Å². The van der Waals surface area contributed by atoms with Gasteiger partial charge in [-0.2, -0.15) is 0 Å². The van der Waals surface area contributed by atoms with Gasteiger partial charge in [-0.1, -0.05) is 17.7 Å². The van der Waals surface area contributed by atoms with Crippen LogP contribution in [0.1, 0.15) is 31.9 Å². The predicted molar refractivity (Wildman–Crippen MR) is 69.3 cm³/mol. The van der Waals surface area contributed by atoms with E-state index in [0.29, 0.717) is 6.42 Å². The summed E-state index contributed by atoms with van der Waals surface area (Å²) in [5, 5.41) is 2.94. The van der Waals surface area contributed by atoms with Gasteiger partial charge in [-0.3, -0.25) is 4.79 Å². The summed E-state index contributed by atoms with van der Waals surface area (Å²) in [6.07, 6.45) is 0.349. The van der Waals surface area contributed by atoms with Crippen LogP contribution in [0.15, 0.2) is 18.2 Å². The number of carbonyl (C=O) groups excluding carboxylic acids is 1. The third-order valence-corrected chi connectivity index (χ3v) is 2.30. The van der Waals surface area contributed by atoms with Gasteiger partial charge in [0.15, 0.2) is 0 Å². The molecule has 1 N–H and O–H groups in total. The number of rotatable bonds is 3. The summed E-state index contributed by atoms with van der Waals surface area (Å²) in [7, 11) is 1.62. The Kier molecular flexibility index (Phi) is 4.16. The Morgan fingerprint density at radius 1 is 1.35 bits per heavy atom. The Morgan fingerprint density at radius 3 is 2.53 bits per heavy atom. The van der Waals surface area contributed by atoms with E-state index in [4.69, 9.17) is 4.74 Å². The van der Waals surface area contributed by atoms with Crippen molar-refractivity contribution in [2.75, 3.05) is 7.11 Å². The van der Waals surface area contributed by atoms with Crippen molar-refractivity contribution in [1.82, 2.24) is 5.32 Å². The maximum Gasteiger partial charge on any atom is 0.224 e. The smallest absolute Gasteiger partial charge is 0.224 e. The zero-order valence-corrected chi connectivity index (χ0v) is 11.3. The van der Waals surface area contributed by atoms with Gasteiger partial charge in [0.2, 0.25) is 5.91 Å². The molecule has 0 heterocycles. The first kappa shape index (κ1) is 13.6. The van der Waals surface area contributed by atoms with Gasteiger partial charge in [-0.05, 0) is 33.8 Å². The highest BCUT2D eigenvalue weighted by molar-refractivity contribution is 5.80. The van der Waals surface area contributed by atoms with Crippen LogP contribution in [0.3, 0.4) is 0 Å². The Morgan fingerprint density at radius 2 is 2.00 bits per heavy atom. The maximum atomic E-state index is 11.8. The van der Waals surface area contributed by atoms with Gasteiger partial charge < -0.3 is 10.1 Å². The van der Waals surface area contributed by atoms with E-state index in [0.717, 1.165) is 16.9 Å². The van der Waals surface area contributed by atoms with Crippen LogP contribution in [0, 0.1) is 6.92 Å². The molecule has 0 unspecified atom stereocenters. The molecule has 0 aromatic heterocycles. The summed E-state index contributed by atoms with van der Waals surface area (Å²) in [6, 6.07) is 5.86. The molecule has 3 nitrogen and oxygen atoms in total. The summed E-state index contributed by atoms with van der Waals surface area (Å²) in [5.41, 5.74) is 1.85. The molecule has 0 aliphatic heterocycles. The van der Waals surface area contributed by atoms with Crippen LogP contribution in [0.2, 0.25) is 0 Å². The van der Waals surface area contributed by atoms with Gasteiger partial charge in [-0.15, -0.1) is 0 Å². The van der Waals surface area contributed by atoms with Crippen molar-refractivity contribution in [3.63, 3.8) is 0 Å². The Balaban J connectivity index is 2.80. The van der Waals surface area contributed by atoms with Crippen molar-refractivity contribution in [1.29, 1.82) is 0 Å². The number of hydrogen-bond acceptors (Lipinski definition) is 2. The number of nitrogens with one attached hydrogen (secondary N) is 1. The van der Waals surface area contributed by atoms with Gasteiger partial charge in [0, 0.05) is 11.1 Å². The SMILES string of the molecule is COc1ccc(C)cc1CC(=O)NC(C)(C)C.